The first-order valence-corrected chi connectivity index (χ1v) is 8.82. The molecule has 1 aromatic carbocycles. The summed E-state index contributed by atoms with van der Waals surface area (Å²) >= 11 is 0. The third kappa shape index (κ3) is 3.42. The van der Waals surface area contributed by atoms with Crippen LogP contribution in [0.4, 0.5) is 11.8 Å². The van der Waals surface area contributed by atoms with Gasteiger partial charge >= 0.3 is 0 Å². The van der Waals surface area contributed by atoms with E-state index in [1.165, 1.54) is 32.1 Å². The molecule has 6 heteroatoms. The Morgan fingerprint density at radius 1 is 0.917 bits per heavy atom. The third-order valence-corrected chi connectivity index (χ3v) is 5.31. The number of aromatic nitrogens is 2. The summed E-state index contributed by atoms with van der Waals surface area (Å²) in [5, 5.41) is 0.942. The third-order valence-electron chi connectivity index (χ3n) is 5.31. The van der Waals surface area contributed by atoms with Crippen molar-refractivity contribution >= 4 is 35.1 Å². The van der Waals surface area contributed by atoms with Crippen LogP contribution in [0, 0.1) is 0 Å². The largest absolute Gasteiger partial charge is 0.383 e. The Labute approximate surface area is 149 Å². The van der Waals surface area contributed by atoms with E-state index in [9.17, 15) is 0 Å². The summed E-state index contributed by atoms with van der Waals surface area (Å²) in [7, 11) is 0. The van der Waals surface area contributed by atoms with Gasteiger partial charge in [-0.1, -0.05) is 31.4 Å². The summed E-state index contributed by atoms with van der Waals surface area (Å²) in [5.41, 5.74) is 7.05. The van der Waals surface area contributed by atoms with Gasteiger partial charge in [-0.3, -0.25) is 4.90 Å². The van der Waals surface area contributed by atoms with Gasteiger partial charge in [-0.15, -0.1) is 12.4 Å². The zero-order valence-corrected chi connectivity index (χ0v) is 14.8. The van der Waals surface area contributed by atoms with Crippen molar-refractivity contribution in [1.29, 1.82) is 0 Å². The van der Waals surface area contributed by atoms with Gasteiger partial charge in [0.05, 0.1) is 5.52 Å². The molecule has 1 aliphatic carbocycles. The van der Waals surface area contributed by atoms with Crippen LogP contribution in [-0.4, -0.2) is 47.1 Å². The first-order valence-electron chi connectivity index (χ1n) is 8.82. The Kier molecular flexibility index (Phi) is 5.41. The number of para-hydroxylation sites is 1. The van der Waals surface area contributed by atoms with E-state index in [4.69, 9.17) is 10.7 Å². The number of nitrogens with zero attached hydrogens (tertiary/aromatic N) is 4. The van der Waals surface area contributed by atoms with Crippen molar-refractivity contribution in [2.75, 3.05) is 36.8 Å². The maximum absolute atomic E-state index is 6.12. The van der Waals surface area contributed by atoms with Crippen molar-refractivity contribution in [3.8, 4) is 0 Å². The maximum atomic E-state index is 6.12. The Morgan fingerprint density at radius 3 is 2.38 bits per heavy atom. The van der Waals surface area contributed by atoms with Crippen molar-refractivity contribution in [2.45, 2.75) is 38.1 Å². The SMILES string of the molecule is Cl.Nc1nc(N2CCN(C3CCCCC3)CC2)nc2ccccc12. The molecule has 2 heterocycles. The van der Waals surface area contributed by atoms with E-state index in [2.05, 4.69) is 14.8 Å². The van der Waals surface area contributed by atoms with Gasteiger partial charge < -0.3 is 10.6 Å². The molecule has 2 fully saturated rings. The second-order valence-corrected chi connectivity index (χ2v) is 6.74. The van der Waals surface area contributed by atoms with Crippen LogP contribution in [-0.2, 0) is 0 Å². The van der Waals surface area contributed by atoms with Crippen LogP contribution in [0.5, 0.6) is 0 Å². The van der Waals surface area contributed by atoms with Crippen molar-refractivity contribution in [3.63, 3.8) is 0 Å². The summed E-state index contributed by atoms with van der Waals surface area (Å²) in [6, 6.07) is 8.77. The number of nitrogen functional groups attached to an aromatic ring is 1. The van der Waals surface area contributed by atoms with Crippen LogP contribution >= 0.6 is 12.4 Å². The Hall–Kier alpha value is -1.59. The number of fused-ring (bicyclic) bond motifs is 1. The Balaban J connectivity index is 0.00000169. The van der Waals surface area contributed by atoms with Gasteiger partial charge in [-0.2, -0.15) is 4.98 Å². The predicted molar refractivity (Wildman–Crippen MR) is 102 cm³/mol. The normalized spacial score (nSPS) is 20.1. The lowest BCUT2D eigenvalue weighted by molar-refractivity contribution is 0.147. The lowest BCUT2D eigenvalue weighted by Crippen LogP contribution is -2.51. The summed E-state index contributed by atoms with van der Waals surface area (Å²) in [6.45, 7) is 4.21. The van der Waals surface area contributed by atoms with E-state index in [-0.39, 0.29) is 12.4 Å². The number of benzene rings is 1. The fourth-order valence-electron chi connectivity index (χ4n) is 3.96. The molecule has 0 unspecified atom stereocenters. The average Bonchev–Trinajstić information content (AvgIpc) is 2.63. The minimum Gasteiger partial charge on any atom is -0.383 e. The number of piperazine rings is 1. The summed E-state index contributed by atoms with van der Waals surface area (Å²) < 4.78 is 0. The molecule has 0 bridgehead atoms. The number of halogens is 1. The van der Waals surface area contributed by atoms with Gasteiger partial charge in [-0.25, -0.2) is 4.98 Å². The molecule has 24 heavy (non-hydrogen) atoms. The summed E-state index contributed by atoms with van der Waals surface area (Å²) in [5.74, 6) is 1.37. The number of hydrogen-bond acceptors (Lipinski definition) is 5. The van der Waals surface area contributed by atoms with Crippen LogP contribution in [0.2, 0.25) is 0 Å². The molecule has 1 saturated carbocycles. The van der Waals surface area contributed by atoms with E-state index in [1.54, 1.807) is 0 Å². The molecule has 2 aliphatic rings. The van der Waals surface area contributed by atoms with E-state index in [0.29, 0.717) is 5.82 Å². The smallest absolute Gasteiger partial charge is 0.227 e. The predicted octanol–water partition coefficient (Wildman–Crippen LogP) is 3.09. The van der Waals surface area contributed by atoms with Crippen molar-refractivity contribution in [3.05, 3.63) is 24.3 Å². The molecule has 0 radical (unpaired) electrons. The highest BCUT2D eigenvalue weighted by atomic mass is 35.5. The highest BCUT2D eigenvalue weighted by molar-refractivity contribution is 5.88. The molecule has 4 rings (SSSR count). The number of rotatable bonds is 2. The molecular formula is C18H26ClN5. The monoisotopic (exact) mass is 347 g/mol. The maximum Gasteiger partial charge on any atom is 0.227 e. The molecule has 0 spiro atoms. The van der Waals surface area contributed by atoms with Crippen LogP contribution in [0.25, 0.3) is 10.9 Å². The molecule has 0 amide bonds. The quantitative estimate of drug-likeness (QED) is 0.904. The molecule has 1 aliphatic heterocycles. The molecule has 2 N–H and O–H groups in total. The van der Waals surface area contributed by atoms with Crippen molar-refractivity contribution < 1.29 is 0 Å². The zero-order valence-electron chi connectivity index (χ0n) is 14.0. The van der Waals surface area contributed by atoms with E-state index in [0.717, 1.165) is 49.1 Å². The fourth-order valence-corrected chi connectivity index (χ4v) is 3.96. The summed E-state index contributed by atoms with van der Waals surface area (Å²) in [6.07, 6.45) is 6.96. The molecule has 0 atom stereocenters. The Morgan fingerprint density at radius 2 is 1.62 bits per heavy atom. The lowest BCUT2D eigenvalue weighted by atomic mass is 9.94. The highest BCUT2D eigenvalue weighted by Gasteiger charge is 2.26. The molecule has 2 aromatic rings. The van der Waals surface area contributed by atoms with Crippen LogP contribution in [0.15, 0.2) is 24.3 Å². The van der Waals surface area contributed by atoms with Gasteiger partial charge in [0.2, 0.25) is 5.95 Å². The van der Waals surface area contributed by atoms with E-state index in [1.807, 2.05) is 24.3 Å². The molecular weight excluding hydrogens is 322 g/mol. The fraction of sp³-hybridized carbons (Fsp3) is 0.556. The van der Waals surface area contributed by atoms with Gasteiger partial charge in [-0.05, 0) is 25.0 Å². The van der Waals surface area contributed by atoms with Crippen LogP contribution < -0.4 is 10.6 Å². The van der Waals surface area contributed by atoms with E-state index < -0.39 is 0 Å². The van der Waals surface area contributed by atoms with Gasteiger partial charge in [0.25, 0.3) is 0 Å². The standard InChI is InChI=1S/C18H25N5.ClH/c19-17-15-8-4-5-9-16(15)20-18(21-17)23-12-10-22(11-13-23)14-6-2-1-3-7-14;/h4-5,8-9,14H,1-3,6-7,10-13H2,(H2,19,20,21);1H. The minimum absolute atomic E-state index is 0. The van der Waals surface area contributed by atoms with Crippen LogP contribution in [0.1, 0.15) is 32.1 Å². The Bertz CT molecular complexity index is 678. The molecule has 5 nitrogen and oxygen atoms in total. The first-order chi connectivity index (χ1) is 11.3. The lowest BCUT2D eigenvalue weighted by Gasteiger charge is -2.40. The van der Waals surface area contributed by atoms with Crippen molar-refractivity contribution in [1.82, 2.24) is 14.9 Å². The topological polar surface area (TPSA) is 58.3 Å². The van der Waals surface area contributed by atoms with Gasteiger partial charge in [0, 0.05) is 37.6 Å². The van der Waals surface area contributed by atoms with E-state index >= 15 is 0 Å². The minimum atomic E-state index is 0. The average molecular weight is 348 g/mol. The van der Waals surface area contributed by atoms with Gasteiger partial charge in [0.15, 0.2) is 0 Å². The number of anilines is 2. The molecule has 1 aromatic heterocycles. The second kappa shape index (κ2) is 7.53. The zero-order chi connectivity index (χ0) is 15.6. The first kappa shape index (κ1) is 17.2. The van der Waals surface area contributed by atoms with Crippen LogP contribution in [0.3, 0.4) is 0 Å². The number of nitrogens with two attached hydrogens (primary N) is 1. The molecule has 130 valence electrons. The number of hydrogen-bond donors (Lipinski definition) is 1. The molecule has 1 saturated heterocycles. The van der Waals surface area contributed by atoms with Crippen molar-refractivity contribution in [2.24, 2.45) is 0 Å². The second-order valence-electron chi connectivity index (χ2n) is 6.74. The summed E-state index contributed by atoms with van der Waals surface area (Å²) in [4.78, 5) is 14.2. The highest BCUT2D eigenvalue weighted by Crippen LogP contribution is 2.25. The van der Waals surface area contributed by atoms with Gasteiger partial charge in [0.1, 0.15) is 5.82 Å².